The molecular weight excluding hydrogens is 533 g/mol. The fourth-order valence-electron chi connectivity index (χ4n) is 3.72. The van der Waals surface area contributed by atoms with E-state index in [0.29, 0.717) is 6.42 Å². The Bertz CT molecular complexity index is 1150. The summed E-state index contributed by atoms with van der Waals surface area (Å²) in [6.07, 6.45) is 2.11. The molecule has 0 bridgehead atoms. The van der Waals surface area contributed by atoms with Crippen molar-refractivity contribution >= 4 is 42.8 Å². The van der Waals surface area contributed by atoms with Crippen LogP contribution in [0.4, 0.5) is 0 Å². The van der Waals surface area contributed by atoms with Gasteiger partial charge < -0.3 is 24.9 Å². The van der Waals surface area contributed by atoms with Crippen LogP contribution in [0.15, 0.2) is 30.5 Å². The molecule has 0 saturated carbocycles. The number of ether oxygens (including phenoxy) is 2. The third kappa shape index (κ3) is 10.2. The smallest absolute Gasteiger partial charge is 0.326 e. The van der Waals surface area contributed by atoms with Gasteiger partial charge in [0.2, 0.25) is 5.91 Å². The van der Waals surface area contributed by atoms with E-state index in [0.717, 1.165) is 16.5 Å². The normalized spacial score (nSPS) is 13.8. The van der Waals surface area contributed by atoms with Gasteiger partial charge in [0.25, 0.3) is 0 Å². The van der Waals surface area contributed by atoms with Crippen molar-refractivity contribution in [2.75, 3.05) is 12.7 Å². The lowest BCUT2D eigenvalue weighted by Crippen LogP contribution is -2.50. The van der Waals surface area contributed by atoms with Crippen LogP contribution < -0.4 is 10.4 Å². The summed E-state index contributed by atoms with van der Waals surface area (Å²) in [5.41, 5.74) is 0.207. The molecule has 4 N–H and O–H groups in total. The van der Waals surface area contributed by atoms with Crippen LogP contribution in [0.5, 0.6) is 0 Å². The van der Waals surface area contributed by atoms with Gasteiger partial charge in [0.1, 0.15) is 18.7 Å². The second-order valence-electron chi connectivity index (χ2n) is 12.4. The highest BCUT2D eigenvalue weighted by atomic mass is 31.1. The van der Waals surface area contributed by atoms with E-state index in [1.165, 1.54) is 0 Å². The van der Waals surface area contributed by atoms with E-state index in [1.807, 2.05) is 38.1 Å². The number of amides is 1. The van der Waals surface area contributed by atoms with Crippen LogP contribution in [0, 0.1) is 16.7 Å². The number of carboxylic acid groups (broad SMARTS) is 1. The molecule has 2 aromatic rings. The van der Waals surface area contributed by atoms with Crippen molar-refractivity contribution in [3.8, 4) is 0 Å². The lowest BCUT2D eigenvalue weighted by Gasteiger charge is -2.28. The molecule has 0 aliphatic heterocycles. The predicted octanol–water partition coefficient (Wildman–Crippen LogP) is 4.77. The second-order valence-corrected chi connectivity index (χ2v) is 14.3. The van der Waals surface area contributed by atoms with E-state index in [4.69, 9.17) is 9.47 Å². The number of H-pyrrole nitrogens is 1. The zero-order valence-electron chi connectivity index (χ0n) is 24.8. The monoisotopic (exact) mass is 577 g/mol. The number of esters is 2. The van der Waals surface area contributed by atoms with Crippen molar-refractivity contribution < 1.29 is 33.8 Å². The van der Waals surface area contributed by atoms with Gasteiger partial charge in [0.15, 0.2) is 0 Å². The first-order valence-corrected chi connectivity index (χ1v) is 15.1. The standard InChI is InChI=1S/C29H44N3O7P/c1-18(2)13-22(32-40(16-38-26(36)28(3,4)5)17-39-27(37)29(6,7)8)24(33)31-23(25(34)35)14-19-15-30-21-12-10-9-11-20(19)21/h9-12,15,18,22-23,30,32H,13-14,16-17H2,1-8H3,(H,31,33)(H,34,35)/t22-,23-/m0/s1. The van der Waals surface area contributed by atoms with Gasteiger partial charge in [-0.25, -0.2) is 4.79 Å². The highest BCUT2D eigenvalue weighted by molar-refractivity contribution is 7.55. The molecule has 1 heterocycles. The quantitative estimate of drug-likeness (QED) is 0.197. The van der Waals surface area contributed by atoms with Crippen molar-refractivity contribution in [1.82, 2.24) is 15.4 Å². The first-order chi connectivity index (χ1) is 18.5. The van der Waals surface area contributed by atoms with Crippen molar-refractivity contribution in [3.63, 3.8) is 0 Å². The molecule has 1 amide bonds. The van der Waals surface area contributed by atoms with Gasteiger partial charge in [-0.3, -0.25) is 19.5 Å². The molecule has 0 unspecified atom stereocenters. The largest absolute Gasteiger partial charge is 0.480 e. The Kier molecular flexibility index (Phi) is 11.7. The number of benzene rings is 1. The Hall–Kier alpha value is -2.97. The summed E-state index contributed by atoms with van der Waals surface area (Å²) in [4.78, 5) is 53.6. The third-order valence-electron chi connectivity index (χ3n) is 6.00. The van der Waals surface area contributed by atoms with Gasteiger partial charge in [0, 0.05) is 31.6 Å². The molecule has 0 aliphatic rings. The van der Waals surface area contributed by atoms with Crippen LogP contribution >= 0.6 is 8.07 Å². The van der Waals surface area contributed by atoms with Gasteiger partial charge in [-0.15, -0.1) is 0 Å². The Morgan fingerprint density at radius 2 is 1.48 bits per heavy atom. The van der Waals surface area contributed by atoms with Crippen LogP contribution in [0.25, 0.3) is 10.9 Å². The third-order valence-corrected chi connectivity index (χ3v) is 7.56. The highest BCUT2D eigenvalue weighted by Crippen LogP contribution is 2.34. The summed E-state index contributed by atoms with van der Waals surface area (Å²) < 4.78 is 11.0. The summed E-state index contributed by atoms with van der Waals surface area (Å²) >= 11 is 0. The van der Waals surface area contributed by atoms with Crippen molar-refractivity contribution in [2.24, 2.45) is 16.7 Å². The fraction of sp³-hybridized carbons (Fsp3) is 0.586. The molecule has 0 aliphatic carbocycles. The molecular formula is C29H44N3O7P. The number of aromatic amines is 1. The second kappa shape index (κ2) is 14.1. The highest BCUT2D eigenvalue weighted by Gasteiger charge is 2.31. The molecule has 222 valence electrons. The number of nitrogens with one attached hydrogen (secondary N) is 3. The molecule has 0 saturated heterocycles. The summed E-state index contributed by atoms with van der Waals surface area (Å²) in [5.74, 6) is -2.39. The van der Waals surface area contributed by atoms with E-state index >= 15 is 0 Å². The van der Waals surface area contributed by atoms with Crippen LogP contribution in [-0.4, -0.2) is 58.7 Å². The first kappa shape index (κ1) is 33.2. The molecule has 1 aromatic heterocycles. The van der Waals surface area contributed by atoms with Crippen LogP contribution in [-0.2, 0) is 35.1 Å². The zero-order valence-corrected chi connectivity index (χ0v) is 25.7. The summed E-state index contributed by atoms with van der Waals surface area (Å²) in [7, 11) is -1.48. The molecule has 0 spiro atoms. The molecule has 40 heavy (non-hydrogen) atoms. The fourth-order valence-corrected chi connectivity index (χ4v) is 5.15. The van der Waals surface area contributed by atoms with E-state index in [1.54, 1.807) is 47.7 Å². The molecule has 2 rings (SSSR count). The minimum absolute atomic E-state index is 0.0670. The average Bonchev–Trinajstić information content (AvgIpc) is 3.25. The van der Waals surface area contributed by atoms with Gasteiger partial charge in [-0.2, -0.15) is 0 Å². The van der Waals surface area contributed by atoms with E-state index in [9.17, 15) is 24.3 Å². The summed E-state index contributed by atoms with van der Waals surface area (Å²) in [6.45, 7) is 14.3. The average molecular weight is 578 g/mol. The van der Waals surface area contributed by atoms with Gasteiger partial charge in [-0.1, -0.05) is 32.0 Å². The number of hydrogen-bond donors (Lipinski definition) is 4. The number of fused-ring (bicyclic) bond motifs is 1. The number of hydrogen-bond acceptors (Lipinski definition) is 7. The molecule has 11 heteroatoms. The number of aromatic nitrogens is 1. The lowest BCUT2D eigenvalue weighted by molar-refractivity contribution is -0.151. The van der Waals surface area contributed by atoms with Crippen LogP contribution in [0.1, 0.15) is 67.4 Å². The number of aliphatic carboxylic acids is 1. The topological polar surface area (TPSA) is 147 Å². The Labute approximate surface area is 237 Å². The Morgan fingerprint density at radius 3 is 1.98 bits per heavy atom. The predicted molar refractivity (Wildman–Crippen MR) is 156 cm³/mol. The maximum absolute atomic E-state index is 13.5. The number of carboxylic acids is 1. The summed E-state index contributed by atoms with van der Waals surface area (Å²) in [6, 6.07) is 5.60. The lowest BCUT2D eigenvalue weighted by atomic mass is 9.98. The molecule has 2 atom stereocenters. The van der Waals surface area contributed by atoms with E-state index in [2.05, 4.69) is 15.4 Å². The van der Waals surface area contributed by atoms with E-state index < -0.39 is 54.8 Å². The maximum Gasteiger partial charge on any atom is 0.326 e. The zero-order chi connectivity index (χ0) is 30.3. The minimum Gasteiger partial charge on any atom is -0.480 e. The molecule has 10 nitrogen and oxygen atoms in total. The Balaban J connectivity index is 2.22. The van der Waals surface area contributed by atoms with Crippen molar-refractivity contribution in [3.05, 3.63) is 36.0 Å². The van der Waals surface area contributed by atoms with Gasteiger partial charge in [0.05, 0.1) is 16.9 Å². The molecule has 1 aromatic carbocycles. The summed E-state index contributed by atoms with van der Waals surface area (Å²) in [5, 5.41) is 16.7. The van der Waals surface area contributed by atoms with Crippen LogP contribution in [0.3, 0.4) is 0 Å². The van der Waals surface area contributed by atoms with E-state index in [-0.39, 0.29) is 25.0 Å². The first-order valence-electron chi connectivity index (χ1n) is 13.4. The Morgan fingerprint density at radius 1 is 0.925 bits per heavy atom. The van der Waals surface area contributed by atoms with Crippen molar-refractivity contribution in [1.29, 1.82) is 0 Å². The van der Waals surface area contributed by atoms with Gasteiger partial charge in [-0.05, 0) is 65.5 Å². The number of para-hydroxylation sites is 1. The number of carbonyl (C=O) groups is 4. The number of carbonyl (C=O) groups excluding carboxylic acids is 3. The molecule has 0 fully saturated rings. The van der Waals surface area contributed by atoms with Crippen LogP contribution in [0.2, 0.25) is 0 Å². The molecule has 0 radical (unpaired) electrons. The SMILES string of the molecule is CC(C)C[C@H](NP(COC(=O)C(C)(C)C)COC(=O)C(C)(C)C)C(=O)N[C@@H](Cc1c[nH]c2ccccc12)C(=O)O. The minimum atomic E-state index is -1.48. The van der Waals surface area contributed by atoms with Gasteiger partial charge >= 0.3 is 17.9 Å². The maximum atomic E-state index is 13.5. The number of rotatable bonds is 13. The van der Waals surface area contributed by atoms with Crippen molar-refractivity contribution in [2.45, 2.75) is 80.3 Å².